The highest BCUT2D eigenvalue weighted by atomic mass is 32.2. The van der Waals surface area contributed by atoms with Gasteiger partial charge in [-0.3, -0.25) is 9.69 Å². The standard InChI is InChI=1S/C15H29N3O4S/c1-15(2)12-18(6-8-22-15)5-4-16-14(19)10-13-11-23(20,21)9-7-17(13)3/h13H,4-12H2,1-3H3,(H,16,19). The normalized spacial score (nSPS) is 28.4. The third-order valence-corrected chi connectivity index (χ3v) is 6.20. The molecule has 1 amide bonds. The van der Waals surface area contributed by atoms with E-state index in [-0.39, 0.29) is 35.5 Å². The second kappa shape index (κ2) is 7.46. The maximum Gasteiger partial charge on any atom is 0.221 e. The van der Waals surface area contributed by atoms with Crippen LogP contribution in [0.15, 0.2) is 0 Å². The SMILES string of the molecule is CN1CCS(=O)(=O)CC1CC(=O)NCCN1CCOC(C)(C)C1. The molecule has 0 aromatic rings. The van der Waals surface area contributed by atoms with Crippen LogP contribution in [0.4, 0.5) is 0 Å². The van der Waals surface area contributed by atoms with Gasteiger partial charge in [-0.05, 0) is 20.9 Å². The van der Waals surface area contributed by atoms with Crippen LogP contribution in [0.25, 0.3) is 0 Å². The number of hydrogen-bond acceptors (Lipinski definition) is 6. The van der Waals surface area contributed by atoms with Gasteiger partial charge in [0.15, 0.2) is 9.84 Å². The molecule has 0 aromatic heterocycles. The van der Waals surface area contributed by atoms with Crippen molar-refractivity contribution < 1.29 is 17.9 Å². The highest BCUT2D eigenvalue weighted by Crippen LogP contribution is 2.16. The molecule has 0 aliphatic carbocycles. The van der Waals surface area contributed by atoms with Gasteiger partial charge in [-0.15, -0.1) is 0 Å². The highest BCUT2D eigenvalue weighted by molar-refractivity contribution is 7.91. The van der Waals surface area contributed by atoms with Crippen molar-refractivity contribution in [3.8, 4) is 0 Å². The third kappa shape index (κ3) is 6.02. The number of carbonyl (C=O) groups excluding carboxylic acids is 1. The molecule has 2 fully saturated rings. The van der Waals surface area contributed by atoms with Gasteiger partial charge in [0.1, 0.15) is 0 Å². The Morgan fingerprint density at radius 2 is 2.09 bits per heavy atom. The Morgan fingerprint density at radius 1 is 1.35 bits per heavy atom. The largest absolute Gasteiger partial charge is 0.373 e. The summed E-state index contributed by atoms with van der Waals surface area (Å²) in [4.78, 5) is 16.3. The van der Waals surface area contributed by atoms with Gasteiger partial charge in [-0.1, -0.05) is 0 Å². The van der Waals surface area contributed by atoms with Crippen LogP contribution in [0.1, 0.15) is 20.3 Å². The molecule has 2 rings (SSSR count). The minimum absolute atomic E-state index is 0.0773. The van der Waals surface area contributed by atoms with Crippen LogP contribution in [0.5, 0.6) is 0 Å². The lowest BCUT2D eigenvalue weighted by Crippen LogP contribution is -2.51. The van der Waals surface area contributed by atoms with Crippen LogP contribution in [0.2, 0.25) is 0 Å². The molecule has 2 saturated heterocycles. The lowest BCUT2D eigenvalue weighted by molar-refractivity contribution is -0.122. The third-order valence-electron chi connectivity index (χ3n) is 4.50. The van der Waals surface area contributed by atoms with Gasteiger partial charge >= 0.3 is 0 Å². The van der Waals surface area contributed by atoms with Gasteiger partial charge in [0, 0.05) is 45.2 Å². The first-order valence-electron chi connectivity index (χ1n) is 8.21. The highest BCUT2D eigenvalue weighted by Gasteiger charge is 2.30. The Morgan fingerprint density at radius 3 is 2.78 bits per heavy atom. The van der Waals surface area contributed by atoms with E-state index in [4.69, 9.17) is 4.74 Å². The molecular formula is C15H29N3O4S. The maximum absolute atomic E-state index is 12.1. The van der Waals surface area contributed by atoms with E-state index in [1.165, 1.54) is 0 Å². The number of sulfone groups is 1. The van der Waals surface area contributed by atoms with Crippen LogP contribution in [0, 0.1) is 0 Å². The average molecular weight is 347 g/mol. The minimum atomic E-state index is -3.00. The summed E-state index contributed by atoms with van der Waals surface area (Å²) in [6, 6.07) is -0.212. The summed E-state index contributed by atoms with van der Waals surface area (Å²) in [5, 5.41) is 2.91. The number of carbonyl (C=O) groups is 1. The number of hydrogen-bond donors (Lipinski definition) is 1. The van der Waals surface area contributed by atoms with Crippen LogP contribution >= 0.6 is 0 Å². The van der Waals surface area contributed by atoms with Gasteiger partial charge in [-0.25, -0.2) is 8.42 Å². The number of nitrogens with zero attached hydrogens (tertiary/aromatic N) is 2. The zero-order valence-corrected chi connectivity index (χ0v) is 15.2. The summed E-state index contributed by atoms with van der Waals surface area (Å²) in [6.45, 7) is 8.45. The molecule has 2 aliphatic rings. The van der Waals surface area contributed by atoms with Crippen molar-refractivity contribution in [2.45, 2.75) is 31.9 Å². The van der Waals surface area contributed by atoms with Gasteiger partial charge in [-0.2, -0.15) is 0 Å². The lowest BCUT2D eigenvalue weighted by Gasteiger charge is -2.38. The number of nitrogens with one attached hydrogen (secondary N) is 1. The van der Waals surface area contributed by atoms with Crippen molar-refractivity contribution in [2.75, 3.05) is 57.9 Å². The van der Waals surface area contributed by atoms with Gasteiger partial charge in [0.2, 0.25) is 5.91 Å². The maximum atomic E-state index is 12.1. The molecule has 8 heteroatoms. The van der Waals surface area contributed by atoms with Crippen LogP contribution in [-0.4, -0.2) is 93.7 Å². The lowest BCUT2D eigenvalue weighted by atomic mass is 10.1. The molecule has 1 atom stereocenters. The molecule has 0 radical (unpaired) electrons. The van der Waals surface area contributed by atoms with Crippen LogP contribution in [-0.2, 0) is 19.4 Å². The monoisotopic (exact) mass is 347 g/mol. The van der Waals surface area contributed by atoms with Crippen molar-refractivity contribution >= 4 is 15.7 Å². The van der Waals surface area contributed by atoms with E-state index in [0.717, 1.165) is 19.6 Å². The fraction of sp³-hybridized carbons (Fsp3) is 0.933. The molecule has 1 unspecified atom stereocenters. The van der Waals surface area contributed by atoms with Gasteiger partial charge in [0.25, 0.3) is 0 Å². The molecular weight excluding hydrogens is 318 g/mol. The van der Waals surface area contributed by atoms with E-state index in [1.54, 1.807) is 0 Å². The number of rotatable bonds is 5. The molecule has 2 heterocycles. The summed E-state index contributed by atoms with van der Waals surface area (Å²) < 4.78 is 29.0. The fourth-order valence-electron chi connectivity index (χ4n) is 3.13. The zero-order valence-electron chi connectivity index (χ0n) is 14.4. The summed E-state index contributed by atoms with van der Waals surface area (Å²) >= 11 is 0. The van der Waals surface area contributed by atoms with Gasteiger partial charge in [0.05, 0.1) is 23.7 Å². The Bertz CT molecular complexity index is 521. The Kier molecular flexibility index (Phi) is 6.05. The quantitative estimate of drug-likeness (QED) is 0.711. The molecule has 0 bridgehead atoms. The first kappa shape index (κ1) is 18.6. The first-order chi connectivity index (χ1) is 10.7. The molecule has 0 spiro atoms. The summed E-state index contributed by atoms with van der Waals surface area (Å²) in [7, 11) is -1.13. The molecule has 2 aliphatic heterocycles. The fourth-order valence-corrected chi connectivity index (χ4v) is 4.82. The second-order valence-corrected chi connectivity index (χ2v) is 9.42. The van der Waals surface area contributed by atoms with Crippen molar-refractivity contribution in [1.82, 2.24) is 15.1 Å². The van der Waals surface area contributed by atoms with E-state index in [9.17, 15) is 13.2 Å². The van der Waals surface area contributed by atoms with E-state index < -0.39 is 9.84 Å². The van der Waals surface area contributed by atoms with Crippen molar-refractivity contribution in [3.05, 3.63) is 0 Å². The Labute approximate surface area is 139 Å². The predicted molar refractivity (Wildman–Crippen MR) is 89.2 cm³/mol. The zero-order chi connectivity index (χ0) is 17.1. The van der Waals surface area contributed by atoms with Crippen molar-refractivity contribution in [3.63, 3.8) is 0 Å². The molecule has 0 aromatic carbocycles. The molecule has 23 heavy (non-hydrogen) atoms. The predicted octanol–water partition coefficient (Wildman–Crippen LogP) is -0.668. The molecule has 134 valence electrons. The van der Waals surface area contributed by atoms with Crippen molar-refractivity contribution in [1.29, 1.82) is 0 Å². The number of ether oxygens (including phenoxy) is 1. The number of morpholine rings is 1. The van der Waals surface area contributed by atoms with Gasteiger partial charge < -0.3 is 15.0 Å². The molecule has 0 saturated carbocycles. The Balaban J connectivity index is 1.71. The van der Waals surface area contributed by atoms with E-state index in [0.29, 0.717) is 19.7 Å². The van der Waals surface area contributed by atoms with E-state index in [2.05, 4.69) is 24.1 Å². The Hall–Kier alpha value is -0.700. The number of amides is 1. The molecule has 7 nitrogen and oxygen atoms in total. The van der Waals surface area contributed by atoms with Crippen LogP contribution in [0.3, 0.4) is 0 Å². The minimum Gasteiger partial charge on any atom is -0.373 e. The van der Waals surface area contributed by atoms with E-state index in [1.807, 2.05) is 11.9 Å². The van der Waals surface area contributed by atoms with E-state index >= 15 is 0 Å². The smallest absolute Gasteiger partial charge is 0.221 e. The first-order valence-corrected chi connectivity index (χ1v) is 10.0. The summed E-state index contributed by atoms with van der Waals surface area (Å²) in [5.41, 5.74) is -0.137. The van der Waals surface area contributed by atoms with Crippen LogP contribution < -0.4 is 5.32 Å². The average Bonchev–Trinajstić information content (AvgIpc) is 2.42. The van der Waals surface area contributed by atoms with Crippen molar-refractivity contribution in [2.24, 2.45) is 0 Å². The summed E-state index contributed by atoms with van der Waals surface area (Å²) in [5.74, 6) is 0.190. The second-order valence-electron chi connectivity index (χ2n) is 7.19. The topological polar surface area (TPSA) is 79.0 Å². The molecule has 1 N–H and O–H groups in total. The summed E-state index contributed by atoms with van der Waals surface area (Å²) in [6.07, 6.45) is 0.240.